The molecule has 0 aromatic heterocycles. The van der Waals surface area contributed by atoms with E-state index in [0.29, 0.717) is 10.0 Å². The molecule has 1 aliphatic heterocycles. The predicted octanol–water partition coefficient (Wildman–Crippen LogP) is 6.59. The summed E-state index contributed by atoms with van der Waals surface area (Å²) >= 11 is 51.3. The number of allylic oxidation sites excluding steroid dienone is 2. The molecule has 0 N–H and O–H groups in total. The molecule has 0 unspecified atom stereocenters. The number of alkyl halides is 4. The normalized spacial score (nSPS) is 27.9. The molecule has 1 heterocycles. The van der Waals surface area contributed by atoms with Crippen LogP contribution in [-0.4, -0.2) is 59.1 Å². The van der Waals surface area contributed by atoms with E-state index in [1.807, 2.05) is 0 Å². The Labute approximate surface area is 270 Å². The quantitative estimate of drug-likeness (QED) is 0.109. The first kappa shape index (κ1) is 30.6. The fourth-order valence-electron chi connectivity index (χ4n) is 5.29. The maximum Gasteiger partial charge on any atom is 0.273 e. The van der Waals surface area contributed by atoms with Crippen LogP contribution in [0.4, 0.5) is 5.69 Å². The molecule has 2 aliphatic carbocycles. The summed E-state index contributed by atoms with van der Waals surface area (Å²) in [7, 11) is 0. The third kappa shape index (κ3) is 4.04. The Morgan fingerprint density at radius 2 is 1.46 bits per heavy atom. The second kappa shape index (κ2) is 10.1. The molecule has 5 rings (SSSR count). The number of imide groups is 1. The van der Waals surface area contributed by atoms with Crippen molar-refractivity contribution in [3.63, 3.8) is 0 Å². The van der Waals surface area contributed by atoms with Gasteiger partial charge in [0.25, 0.3) is 23.4 Å². The van der Waals surface area contributed by atoms with Gasteiger partial charge in [0.15, 0.2) is 10.1 Å². The molecule has 1 saturated carbocycles. The molecule has 2 aromatic carbocycles. The van der Waals surface area contributed by atoms with Crippen LogP contribution in [0.25, 0.3) is 0 Å². The summed E-state index contributed by atoms with van der Waals surface area (Å²) in [5, 5.41) is 11.7. The number of fused-ring (bicyclic) bond motifs is 5. The van der Waals surface area contributed by atoms with Crippen molar-refractivity contribution in [2.45, 2.75) is 14.1 Å². The van der Waals surface area contributed by atoms with Gasteiger partial charge in [-0.1, -0.05) is 75.7 Å². The summed E-state index contributed by atoms with van der Waals surface area (Å²) in [6.45, 7) is -0.924. The Balaban J connectivity index is 1.62. The fraction of sp³-hybridized carbons (Fsp3) is 0.250. The van der Waals surface area contributed by atoms with Gasteiger partial charge in [-0.25, -0.2) is 5.01 Å². The highest BCUT2D eigenvalue weighted by atomic mass is 35.5. The van der Waals surface area contributed by atoms with Crippen molar-refractivity contribution in [1.82, 2.24) is 10.0 Å². The van der Waals surface area contributed by atoms with Gasteiger partial charge < -0.3 is 0 Å². The number of hydrazine groups is 1. The maximum absolute atomic E-state index is 13.9. The van der Waals surface area contributed by atoms with Crippen LogP contribution in [0.5, 0.6) is 0 Å². The molecule has 41 heavy (non-hydrogen) atoms. The second-order valence-corrected chi connectivity index (χ2v) is 13.4. The van der Waals surface area contributed by atoms with Gasteiger partial charge in [-0.15, -0.1) is 23.2 Å². The van der Waals surface area contributed by atoms with E-state index in [2.05, 4.69) is 0 Å². The Bertz CT molecular complexity index is 1590. The molecule has 17 heteroatoms. The van der Waals surface area contributed by atoms with Gasteiger partial charge in [0.2, 0.25) is 0 Å². The average Bonchev–Trinajstić information content (AvgIpc) is 3.30. The lowest BCUT2D eigenvalue weighted by Gasteiger charge is -2.36. The van der Waals surface area contributed by atoms with Crippen LogP contribution in [0.1, 0.15) is 20.7 Å². The van der Waals surface area contributed by atoms with E-state index < -0.39 is 66.6 Å². The SMILES string of the molecule is O=C(CN(C(=O)c1cccc([N+](=O)[O-])c1)N1C(=O)[C@@H]2[C@@H](C1=O)[C@@]1(Cl)C(Cl)=C(Cl)[C@@]2(Cl)C1(Cl)Cl)c1ccc(Cl)cc1Cl. The van der Waals surface area contributed by atoms with Crippen LogP contribution in [0.15, 0.2) is 52.5 Å². The van der Waals surface area contributed by atoms with E-state index in [1.54, 1.807) is 0 Å². The molecular formula is C24H11Cl8N3O6. The lowest BCUT2D eigenvalue weighted by Crippen LogP contribution is -2.56. The number of carbonyl (C=O) groups is 4. The van der Waals surface area contributed by atoms with Crippen molar-refractivity contribution in [2.24, 2.45) is 11.8 Å². The van der Waals surface area contributed by atoms with Crippen LogP contribution >= 0.6 is 92.8 Å². The molecule has 9 nitrogen and oxygen atoms in total. The number of benzene rings is 2. The highest BCUT2D eigenvalue weighted by Gasteiger charge is 2.88. The summed E-state index contributed by atoms with van der Waals surface area (Å²) in [6, 6.07) is 8.37. The van der Waals surface area contributed by atoms with Crippen LogP contribution in [-0.2, 0) is 9.59 Å². The lowest BCUT2D eigenvalue weighted by atomic mass is 9.84. The van der Waals surface area contributed by atoms with Crippen molar-refractivity contribution in [1.29, 1.82) is 0 Å². The minimum absolute atomic E-state index is 0.0736. The summed E-state index contributed by atoms with van der Waals surface area (Å²) in [5.41, 5.74) is -0.884. The minimum atomic E-state index is -2.23. The topological polar surface area (TPSA) is 118 Å². The number of nitro benzene ring substituents is 1. The van der Waals surface area contributed by atoms with E-state index in [9.17, 15) is 29.3 Å². The van der Waals surface area contributed by atoms with Gasteiger partial charge in [0.1, 0.15) is 16.3 Å². The molecule has 3 amide bonds. The van der Waals surface area contributed by atoms with Gasteiger partial charge in [-0.2, -0.15) is 5.01 Å². The third-order valence-electron chi connectivity index (χ3n) is 7.19. The standard InChI is InChI=1S/C24H11Cl8N3O6/c25-10-4-5-12(13(26)7-10)14(36)8-33(19(37)9-2-1-3-11(6-9)35(40)41)34-20(38)15-16(21(34)39)23(30)18(28)17(27)22(15,29)24(23,31)32/h1-7,15-16H,8H2/t15-,16-,22+,23+/m0/s1. The molecular weight excluding hydrogens is 710 g/mol. The first-order chi connectivity index (χ1) is 19.0. The number of rotatable bonds is 6. The van der Waals surface area contributed by atoms with Gasteiger partial charge in [-0.3, -0.25) is 29.3 Å². The van der Waals surface area contributed by atoms with E-state index >= 15 is 0 Å². The smallest absolute Gasteiger partial charge is 0.273 e. The molecule has 4 atom stereocenters. The highest BCUT2D eigenvalue weighted by Crippen LogP contribution is 2.77. The number of nitro groups is 1. The number of halogens is 8. The van der Waals surface area contributed by atoms with Gasteiger partial charge in [0, 0.05) is 28.3 Å². The third-order valence-corrected chi connectivity index (χ3v) is 12.0. The molecule has 2 bridgehead atoms. The number of nitrogens with zero attached hydrogens (tertiary/aromatic N) is 3. The highest BCUT2D eigenvalue weighted by molar-refractivity contribution is 6.66. The number of ketones is 1. The molecule has 2 fully saturated rings. The van der Waals surface area contributed by atoms with Gasteiger partial charge in [0.05, 0.1) is 31.8 Å². The van der Waals surface area contributed by atoms with E-state index in [-0.39, 0.29) is 31.2 Å². The largest absolute Gasteiger partial charge is 0.292 e. The number of hydrogen-bond acceptors (Lipinski definition) is 6. The minimum Gasteiger partial charge on any atom is -0.292 e. The zero-order valence-electron chi connectivity index (χ0n) is 19.7. The molecule has 214 valence electrons. The predicted molar refractivity (Wildman–Crippen MR) is 154 cm³/mol. The molecule has 0 radical (unpaired) electrons. The molecule has 3 aliphatic rings. The average molecular weight is 721 g/mol. The van der Waals surface area contributed by atoms with Crippen molar-refractivity contribution in [3.05, 3.63) is 83.8 Å². The molecule has 2 aromatic rings. The van der Waals surface area contributed by atoms with E-state index in [4.69, 9.17) is 92.8 Å². The first-order valence-corrected chi connectivity index (χ1v) is 14.3. The molecule has 1 saturated heterocycles. The zero-order chi connectivity index (χ0) is 30.4. The summed E-state index contributed by atoms with van der Waals surface area (Å²) in [5.74, 6) is -7.37. The monoisotopic (exact) mass is 717 g/mol. The summed E-state index contributed by atoms with van der Waals surface area (Å²) in [6.07, 6.45) is 0. The van der Waals surface area contributed by atoms with Crippen LogP contribution in [0.3, 0.4) is 0 Å². The zero-order valence-corrected chi connectivity index (χ0v) is 25.8. The number of carbonyl (C=O) groups excluding carboxylic acids is 4. The van der Waals surface area contributed by atoms with Gasteiger partial charge >= 0.3 is 0 Å². The van der Waals surface area contributed by atoms with Crippen molar-refractivity contribution in [2.75, 3.05) is 6.54 Å². The summed E-state index contributed by atoms with van der Waals surface area (Å²) < 4.78 is -2.23. The second-order valence-electron chi connectivity index (χ2n) is 9.29. The van der Waals surface area contributed by atoms with Crippen molar-refractivity contribution in [3.8, 4) is 0 Å². The number of amides is 3. The Morgan fingerprint density at radius 3 is 1.98 bits per heavy atom. The van der Waals surface area contributed by atoms with Crippen molar-refractivity contribution >= 4 is 122 Å². The number of non-ortho nitro benzene ring substituents is 1. The lowest BCUT2D eigenvalue weighted by molar-refractivity contribution is -0.384. The first-order valence-electron chi connectivity index (χ1n) is 11.3. The fourth-order valence-corrected chi connectivity index (χ4v) is 8.73. The Morgan fingerprint density at radius 1 is 0.902 bits per heavy atom. The number of hydrogen-bond donors (Lipinski definition) is 0. The van der Waals surface area contributed by atoms with Crippen LogP contribution < -0.4 is 0 Å². The Hall–Kier alpha value is -1.82. The van der Waals surface area contributed by atoms with E-state index in [0.717, 1.165) is 12.1 Å². The van der Waals surface area contributed by atoms with Crippen LogP contribution in [0.2, 0.25) is 10.0 Å². The summed E-state index contributed by atoms with van der Waals surface area (Å²) in [4.78, 5) is 61.2. The van der Waals surface area contributed by atoms with Gasteiger partial charge in [-0.05, 0) is 24.3 Å². The Kier molecular flexibility index (Phi) is 7.57. The number of Topliss-reactive ketones (excluding diaryl/α,β-unsaturated/α-hetero) is 1. The van der Waals surface area contributed by atoms with Crippen LogP contribution in [0, 0.1) is 22.0 Å². The van der Waals surface area contributed by atoms with Crippen molar-refractivity contribution < 1.29 is 24.1 Å². The maximum atomic E-state index is 13.9. The molecule has 0 spiro atoms. The van der Waals surface area contributed by atoms with E-state index in [1.165, 1.54) is 30.3 Å².